The predicted molar refractivity (Wildman–Crippen MR) is 180 cm³/mol. The fourth-order valence-electron chi connectivity index (χ4n) is 4.27. The summed E-state index contributed by atoms with van der Waals surface area (Å²) in [5, 5.41) is 8.12. The van der Waals surface area contributed by atoms with Crippen molar-refractivity contribution in [2.24, 2.45) is 5.10 Å². The first-order valence-electron chi connectivity index (χ1n) is 14.0. The number of ether oxygens (including phenoxy) is 2. The topological polar surface area (TPSA) is 106 Å². The Bertz CT molecular complexity index is 1920. The zero-order valence-electron chi connectivity index (χ0n) is 24.4. The van der Waals surface area contributed by atoms with Crippen molar-refractivity contribution in [1.82, 2.24) is 5.43 Å². The van der Waals surface area contributed by atoms with E-state index in [-0.39, 0.29) is 11.7 Å². The molecule has 0 saturated heterocycles. The molecule has 0 saturated carbocycles. The molecule has 0 aliphatic carbocycles. The highest BCUT2D eigenvalue weighted by atomic mass is 35.5. The van der Waals surface area contributed by atoms with E-state index in [2.05, 4.69) is 15.8 Å². The van der Waals surface area contributed by atoms with Gasteiger partial charge in [0, 0.05) is 27.4 Å². The number of halogens is 1. The van der Waals surface area contributed by atoms with Crippen LogP contribution in [0.5, 0.6) is 11.5 Å². The predicted octanol–water partition coefficient (Wildman–Crippen LogP) is 7.90. The Hall–Kier alpha value is -5.25. The molecule has 45 heavy (non-hydrogen) atoms. The number of carbonyl (C=O) groups excluding carboxylic acids is 3. The van der Waals surface area contributed by atoms with E-state index < -0.39 is 11.9 Å². The van der Waals surface area contributed by atoms with Gasteiger partial charge in [-0.2, -0.15) is 5.10 Å². The number of hydrazone groups is 1. The maximum absolute atomic E-state index is 12.9. The van der Waals surface area contributed by atoms with Gasteiger partial charge in [-0.15, -0.1) is 11.3 Å². The van der Waals surface area contributed by atoms with Crippen molar-refractivity contribution in [2.75, 3.05) is 11.9 Å². The van der Waals surface area contributed by atoms with Crippen LogP contribution in [0.4, 0.5) is 5.69 Å². The third kappa shape index (κ3) is 8.03. The number of esters is 1. The third-order valence-electron chi connectivity index (χ3n) is 6.47. The lowest BCUT2D eigenvalue weighted by Crippen LogP contribution is -2.17. The number of benzene rings is 4. The molecule has 5 rings (SSSR count). The van der Waals surface area contributed by atoms with E-state index in [0.717, 1.165) is 21.2 Å². The summed E-state index contributed by atoms with van der Waals surface area (Å²) < 4.78 is 12.0. The Labute approximate surface area is 268 Å². The van der Waals surface area contributed by atoms with Gasteiger partial charge >= 0.3 is 5.97 Å². The summed E-state index contributed by atoms with van der Waals surface area (Å²) in [5.74, 6) is -0.682. The standard InChI is InChI=1S/C35H28ClN3O5S/c1-3-43-29-20-24(10-17-28(29)44-31(40)18-11-23-7-5-4-6-8-23)21-37-39-34(41)25-12-14-26(15-13-25)38-35(42)33-32(36)27-16-9-22(2)19-30(27)45-33/h4-21H,3H2,1-2H3,(H,38,42)(H,39,41)/b18-11+,37-21-. The fourth-order valence-corrected chi connectivity index (χ4v) is 5.78. The molecule has 8 nitrogen and oxygen atoms in total. The molecule has 226 valence electrons. The van der Waals surface area contributed by atoms with Gasteiger partial charge in [-0.25, -0.2) is 10.2 Å². The second kappa shape index (κ2) is 14.5. The molecule has 0 aliphatic heterocycles. The van der Waals surface area contributed by atoms with Crippen LogP contribution in [-0.2, 0) is 4.79 Å². The number of thiophene rings is 1. The van der Waals surface area contributed by atoms with Crippen molar-refractivity contribution in [3.05, 3.63) is 129 Å². The third-order valence-corrected chi connectivity index (χ3v) is 8.12. The number of aryl methyl sites for hydroxylation is 1. The summed E-state index contributed by atoms with van der Waals surface area (Å²) in [4.78, 5) is 38.3. The van der Waals surface area contributed by atoms with Crippen LogP contribution in [-0.4, -0.2) is 30.6 Å². The first-order valence-corrected chi connectivity index (χ1v) is 15.2. The Morgan fingerprint density at radius 1 is 0.889 bits per heavy atom. The molecule has 1 heterocycles. The molecule has 5 aromatic rings. The number of hydrogen-bond donors (Lipinski definition) is 2. The van der Waals surface area contributed by atoms with Gasteiger partial charge in [0.05, 0.1) is 17.8 Å². The molecule has 2 N–H and O–H groups in total. The van der Waals surface area contributed by atoms with Crippen LogP contribution in [0.3, 0.4) is 0 Å². The van der Waals surface area contributed by atoms with Gasteiger partial charge < -0.3 is 14.8 Å². The van der Waals surface area contributed by atoms with Crippen molar-refractivity contribution in [3.63, 3.8) is 0 Å². The first kappa shape index (κ1) is 31.2. The lowest BCUT2D eigenvalue weighted by Gasteiger charge is -2.10. The number of rotatable bonds is 10. The smallest absolute Gasteiger partial charge is 0.336 e. The van der Waals surface area contributed by atoms with E-state index in [1.165, 1.54) is 23.6 Å². The molecule has 10 heteroatoms. The van der Waals surface area contributed by atoms with Crippen LogP contribution in [0, 0.1) is 6.92 Å². The minimum Gasteiger partial charge on any atom is -0.490 e. The zero-order chi connectivity index (χ0) is 31.8. The molecule has 0 unspecified atom stereocenters. The summed E-state index contributed by atoms with van der Waals surface area (Å²) in [6, 6.07) is 26.6. The zero-order valence-corrected chi connectivity index (χ0v) is 25.9. The summed E-state index contributed by atoms with van der Waals surface area (Å²) in [5.41, 5.74) is 5.93. The number of fused-ring (bicyclic) bond motifs is 1. The molecule has 4 aromatic carbocycles. The van der Waals surface area contributed by atoms with Crippen LogP contribution in [0.1, 0.15) is 43.6 Å². The lowest BCUT2D eigenvalue weighted by atomic mass is 10.2. The summed E-state index contributed by atoms with van der Waals surface area (Å²) >= 11 is 7.80. The number of hydrogen-bond acceptors (Lipinski definition) is 7. The Kier molecular flexibility index (Phi) is 10.0. The van der Waals surface area contributed by atoms with E-state index in [9.17, 15) is 14.4 Å². The van der Waals surface area contributed by atoms with Crippen LogP contribution >= 0.6 is 22.9 Å². The molecule has 1 aromatic heterocycles. The monoisotopic (exact) mass is 637 g/mol. The van der Waals surface area contributed by atoms with Gasteiger partial charge in [0.2, 0.25) is 0 Å². The molecular weight excluding hydrogens is 610 g/mol. The average molecular weight is 638 g/mol. The van der Waals surface area contributed by atoms with Gasteiger partial charge in [0.15, 0.2) is 11.5 Å². The van der Waals surface area contributed by atoms with Crippen molar-refractivity contribution in [1.29, 1.82) is 0 Å². The summed E-state index contributed by atoms with van der Waals surface area (Å²) in [6.07, 6.45) is 4.46. The molecular formula is C35H28ClN3O5S. The van der Waals surface area contributed by atoms with E-state index in [1.807, 2.05) is 62.4 Å². The van der Waals surface area contributed by atoms with E-state index >= 15 is 0 Å². The van der Waals surface area contributed by atoms with Gasteiger partial charge in [-0.1, -0.05) is 54.1 Å². The molecule has 0 aliphatic rings. The first-order chi connectivity index (χ1) is 21.8. The minimum absolute atomic E-state index is 0.262. The molecule has 0 spiro atoms. The lowest BCUT2D eigenvalue weighted by molar-refractivity contribution is -0.129. The summed E-state index contributed by atoms with van der Waals surface area (Å²) in [6.45, 7) is 4.16. The van der Waals surface area contributed by atoms with Gasteiger partial charge in [0.25, 0.3) is 11.8 Å². The SMILES string of the molecule is CCOc1cc(/C=N\NC(=O)c2ccc(NC(=O)c3sc4cc(C)ccc4c3Cl)cc2)ccc1OC(=O)/C=C/c1ccccc1. The molecule has 2 amide bonds. The molecule has 0 fully saturated rings. The maximum atomic E-state index is 12.9. The van der Waals surface area contributed by atoms with Crippen molar-refractivity contribution in [3.8, 4) is 11.5 Å². The number of nitrogens with zero attached hydrogens (tertiary/aromatic N) is 1. The van der Waals surface area contributed by atoms with Crippen molar-refractivity contribution >= 4 is 68.8 Å². The second-order valence-corrected chi connectivity index (χ2v) is 11.2. The van der Waals surface area contributed by atoms with Crippen molar-refractivity contribution < 1.29 is 23.9 Å². The van der Waals surface area contributed by atoms with E-state index in [0.29, 0.717) is 39.1 Å². The maximum Gasteiger partial charge on any atom is 0.336 e. The number of carbonyl (C=O) groups is 3. The fraction of sp³-hybridized carbons (Fsp3) is 0.0857. The van der Waals surface area contributed by atoms with Crippen molar-refractivity contribution in [2.45, 2.75) is 13.8 Å². The van der Waals surface area contributed by atoms with E-state index in [4.69, 9.17) is 21.1 Å². The summed E-state index contributed by atoms with van der Waals surface area (Å²) in [7, 11) is 0. The Morgan fingerprint density at radius 3 is 2.42 bits per heavy atom. The number of amides is 2. The quantitative estimate of drug-likeness (QED) is 0.0532. The number of nitrogens with one attached hydrogen (secondary N) is 2. The molecule has 0 bridgehead atoms. The average Bonchev–Trinajstić information content (AvgIpc) is 3.37. The Balaban J connectivity index is 1.17. The van der Waals surface area contributed by atoms with Crippen LogP contribution in [0.25, 0.3) is 16.2 Å². The second-order valence-electron chi connectivity index (χ2n) is 9.78. The molecule has 0 radical (unpaired) electrons. The van der Waals surface area contributed by atoms with Crippen LogP contribution in [0.15, 0.2) is 102 Å². The normalized spacial score (nSPS) is 11.2. The van der Waals surface area contributed by atoms with Gasteiger partial charge in [0.1, 0.15) is 4.88 Å². The number of anilines is 1. The largest absolute Gasteiger partial charge is 0.490 e. The highest BCUT2D eigenvalue weighted by molar-refractivity contribution is 7.21. The van der Waals surface area contributed by atoms with Gasteiger partial charge in [-0.3, -0.25) is 9.59 Å². The highest BCUT2D eigenvalue weighted by Crippen LogP contribution is 2.36. The minimum atomic E-state index is -0.543. The Morgan fingerprint density at radius 2 is 1.67 bits per heavy atom. The highest BCUT2D eigenvalue weighted by Gasteiger charge is 2.18. The van der Waals surface area contributed by atoms with Gasteiger partial charge in [-0.05, 0) is 85.1 Å². The molecule has 0 atom stereocenters. The van der Waals surface area contributed by atoms with E-state index in [1.54, 1.807) is 48.5 Å². The van der Waals surface area contributed by atoms with Crippen LogP contribution < -0.4 is 20.2 Å². The van der Waals surface area contributed by atoms with Crippen LogP contribution in [0.2, 0.25) is 5.02 Å².